The van der Waals surface area contributed by atoms with Crippen LogP contribution in [-0.2, 0) is 9.53 Å². The van der Waals surface area contributed by atoms with Crippen molar-refractivity contribution < 1.29 is 18.3 Å². The lowest BCUT2D eigenvalue weighted by atomic mass is 10.3. The van der Waals surface area contributed by atoms with E-state index >= 15 is 0 Å². The maximum Gasteiger partial charge on any atom is 0.307 e. The topological polar surface area (TPSA) is 32.8 Å². The van der Waals surface area contributed by atoms with Crippen molar-refractivity contribution in [1.82, 2.24) is 9.80 Å². The lowest BCUT2D eigenvalue weighted by Gasteiger charge is -2.21. The number of carbonyl (C=O) groups excluding carboxylic acids is 1. The fraction of sp³-hybridized carbons (Fsp3) is 0.929. The molecule has 0 saturated carbocycles. The molecule has 0 aromatic carbocycles. The second kappa shape index (κ2) is 10.0. The third kappa shape index (κ3) is 7.75. The van der Waals surface area contributed by atoms with Crippen LogP contribution in [-0.4, -0.2) is 68.1 Å². The Morgan fingerprint density at radius 1 is 1.20 bits per heavy atom. The normalized spacial score (nSPS) is 18.2. The molecule has 0 bridgehead atoms. The van der Waals surface area contributed by atoms with E-state index in [1.54, 1.807) is 4.90 Å². The maximum absolute atomic E-state index is 12.3. The zero-order valence-electron chi connectivity index (χ0n) is 12.3. The molecule has 1 aliphatic rings. The third-order valence-corrected chi connectivity index (χ3v) is 3.47. The van der Waals surface area contributed by atoms with E-state index < -0.39 is 6.43 Å². The Balaban J connectivity index is 2.16. The van der Waals surface area contributed by atoms with Crippen LogP contribution < -0.4 is 0 Å². The van der Waals surface area contributed by atoms with E-state index in [0.29, 0.717) is 32.7 Å². The molecule has 1 saturated heterocycles. The van der Waals surface area contributed by atoms with Gasteiger partial charge in [-0.25, -0.2) is 8.78 Å². The molecule has 0 unspecified atom stereocenters. The predicted molar refractivity (Wildman–Crippen MR) is 74.0 cm³/mol. The Labute approximate surface area is 120 Å². The quantitative estimate of drug-likeness (QED) is 0.506. The highest BCUT2D eigenvalue weighted by Gasteiger charge is 2.18. The highest BCUT2D eigenvalue weighted by molar-refractivity contribution is 5.69. The van der Waals surface area contributed by atoms with Crippen LogP contribution in [0.2, 0.25) is 0 Å². The molecule has 0 amide bonds. The van der Waals surface area contributed by atoms with Crippen molar-refractivity contribution in [2.75, 3.05) is 45.9 Å². The summed E-state index contributed by atoms with van der Waals surface area (Å²) in [6, 6.07) is 0. The number of nitrogens with zero attached hydrogens (tertiary/aromatic N) is 2. The van der Waals surface area contributed by atoms with Crippen molar-refractivity contribution in [1.29, 1.82) is 0 Å². The molecule has 0 aromatic heterocycles. The molecule has 1 heterocycles. The minimum Gasteiger partial charge on any atom is -0.466 e. The molecule has 0 radical (unpaired) electrons. The molecule has 20 heavy (non-hydrogen) atoms. The molecule has 0 atom stereocenters. The Bertz CT molecular complexity index is 278. The minimum absolute atomic E-state index is 0.146. The van der Waals surface area contributed by atoms with Gasteiger partial charge < -0.3 is 9.64 Å². The van der Waals surface area contributed by atoms with Gasteiger partial charge in [-0.2, -0.15) is 0 Å². The van der Waals surface area contributed by atoms with Gasteiger partial charge in [0.25, 0.3) is 6.43 Å². The van der Waals surface area contributed by atoms with Gasteiger partial charge in [0.1, 0.15) is 0 Å². The molecule has 118 valence electrons. The number of halogens is 2. The fourth-order valence-corrected chi connectivity index (χ4v) is 2.28. The second-order valence-electron chi connectivity index (χ2n) is 5.21. The Kier molecular flexibility index (Phi) is 8.69. The lowest BCUT2D eigenvalue weighted by molar-refractivity contribution is -0.144. The number of hydrogen-bond acceptors (Lipinski definition) is 4. The van der Waals surface area contributed by atoms with Gasteiger partial charge in [-0.15, -0.1) is 0 Å². The van der Waals surface area contributed by atoms with Gasteiger partial charge in [0, 0.05) is 19.6 Å². The zero-order valence-corrected chi connectivity index (χ0v) is 12.3. The van der Waals surface area contributed by atoms with E-state index in [4.69, 9.17) is 4.74 Å². The largest absolute Gasteiger partial charge is 0.466 e. The number of unbranched alkanes of at least 4 members (excludes halogenated alkanes) is 1. The Morgan fingerprint density at radius 2 is 1.90 bits per heavy atom. The molecule has 1 fully saturated rings. The highest BCUT2D eigenvalue weighted by atomic mass is 19.3. The molecular weight excluding hydrogens is 266 g/mol. The van der Waals surface area contributed by atoms with Gasteiger partial charge in [-0.1, -0.05) is 13.3 Å². The van der Waals surface area contributed by atoms with E-state index in [1.807, 2.05) is 0 Å². The SMILES string of the molecule is CCCCOC(=O)CCN1CCCN(CC(F)F)CC1. The molecule has 4 nitrogen and oxygen atoms in total. The molecule has 0 aliphatic carbocycles. The number of rotatable bonds is 8. The summed E-state index contributed by atoms with van der Waals surface area (Å²) in [6.45, 7) is 6.03. The summed E-state index contributed by atoms with van der Waals surface area (Å²) in [5, 5.41) is 0. The standard InChI is InChI=1S/C14H26F2N2O2/c1-2-3-11-20-14(19)5-8-17-6-4-7-18(10-9-17)12-13(15)16/h13H,2-12H2,1H3. The summed E-state index contributed by atoms with van der Waals surface area (Å²) in [6.07, 6.45) is 0.906. The van der Waals surface area contributed by atoms with E-state index in [1.165, 1.54) is 0 Å². The first kappa shape index (κ1) is 17.3. The Morgan fingerprint density at radius 3 is 2.60 bits per heavy atom. The minimum atomic E-state index is -2.27. The summed E-state index contributed by atoms with van der Waals surface area (Å²) >= 11 is 0. The number of esters is 1. The van der Waals surface area contributed by atoms with Crippen LogP contribution in [0.15, 0.2) is 0 Å². The number of ether oxygens (including phenoxy) is 1. The van der Waals surface area contributed by atoms with E-state index in [-0.39, 0.29) is 12.5 Å². The predicted octanol–water partition coefficient (Wildman–Crippen LogP) is 1.99. The lowest BCUT2D eigenvalue weighted by Crippen LogP contribution is -2.34. The average molecular weight is 292 g/mol. The molecule has 0 spiro atoms. The van der Waals surface area contributed by atoms with Crippen molar-refractivity contribution >= 4 is 5.97 Å². The first-order chi connectivity index (χ1) is 9.61. The van der Waals surface area contributed by atoms with Gasteiger partial charge in [0.05, 0.1) is 19.6 Å². The smallest absolute Gasteiger partial charge is 0.307 e. The molecule has 6 heteroatoms. The summed E-state index contributed by atoms with van der Waals surface area (Å²) in [5.41, 5.74) is 0. The zero-order chi connectivity index (χ0) is 14.8. The van der Waals surface area contributed by atoms with Crippen LogP contribution >= 0.6 is 0 Å². The van der Waals surface area contributed by atoms with E-state index in [2.05, 4.69) is 11.8 Å². The molecule has 1 aliphatic heterocycles. The van der Waals surface area contributed by atoms with Crippen molar-refractivity contribution in [2.24, 2.45) is 0 Å². The van der Waals surface area contributed by atoms with Crippen LogP contribution in [0.1, 0.15) is 32.6 Å². The van der Waals surface area contributed by atoms with Gasteiger partial charge in [-0.3, -0.25) is 9.69 Å². The van der Waals surface area contributed by atoms with Crippen LogP contribution in [0.3, 0.4) is 0 Å². The van der Waals surface area contributed by atoms with Crippen molar-refractivity contribution in [3.8, 4) is 0 Å². The van der Waals surface area contributed by atoms with Crippen molar-refractivity contribution in [2.45, 2.75) is 39.0 Å². The highest BCUT2D eigenvalue weighted by Crippen LogP contribution is 2.06. The van der Waals surface area contributed by atoms with Crippen LogP contribution in [0.4, 0.5) is 8.78 Å². The fourth-order valence-electron chi connectivity index (χ4n) is 2.28. The molecule has 1 rings (SSSR count). The first-order valence-electron chi connectivity index (χ1n) is 7.50. The first-order valence-corrected chi connectivity index (χ1v) is 7.50. The molecule has 0 N–H and O–H groups in total. The number of hydrogen-bond donors (Lipinski definition) is 0. The monoisotopic (exact) mass is 292 g/mol. The third-order valence-electron chi connectivity index (χ3n) is 3.47. The molecule has 0 aromatic rings. The van der Waals surface area contributed by atoms with Gasteiger partial charge in [0.15, 0.2) is 0 Å². The van der Waals surface area contributed by atoms with Crippen molar-refractivity contribution in [3.63, 3.8) is 0 Å². The summed E-state index contributed by atoms with van der Waals surface area (Å²) in [5.74, 6) is -0.160. The van der Waals surface area contributed by atoms with E-state index in [0.717, 1.165) is 32.4 Å². The van der Waals surface area contributed by atoms with Crippen molar-refractivity contribution in [3.05, 3.63) is 0 Å². The summed E-state index contributed by atoms with van der Waals surface area (Å²) in [7, 11) is 0. The number of alkyl halides is 2. The number of carbonyl (C=O) groups is 1. The van der Waals surface area contributed by atoms with Gasteiger partial charge in [-0.05, 0) is 25.9 Å². The maximum atomic E-state index is 12.3. The summed E-state index contributed by atoms with van der Waals surface area (Å²) < 4.78 is 29.8. The average Bonchev–Trinajstić information content (AvgIpc) is 2.61. The van der Waals surface area contributed by atoms with Crippen LogP contribution in [0, 0.1) is 0 Å². The van der Waals surface area contributed by atoms with Gasteiger partial charge in [0.2, 0.25) is 0 Å². The second-order valence-corrected chi connectivity index (χ2v) is 5.21. The van der Waals surface area contributed by atoms with Crippen LogP contribution in [0.5, 0.6) is 0 Å². The molecular formula is C14H26F2N2O2. The van der Waals surface area contributed by atoms with E-state index in [9.17, 15) is 13.6 Å². The Hall–Kier alpha value is -0.750. The summed E-state index contributed by atoms with van der Waals surface area (Å²) in [4.78, 5) is 15.5. The van der Waals surface area contributed by atoms with Gasteiger partial charge >= 0.3 is 5.97 Å². The van der Waals surface area contributed by atoms with Crippen LogP contribution in [0.25, 0.3) is 0 Å².